The number of aliphatic hydroxyl groups is 2. The average molecular weight is 472 g/mol. The second-order valence-electron chi connectivity index (χ2n) is 9.58. The van der Waals surface area contributed by atoms with Crippen molar-refractivity contribution in [1.29, 1.82) is 0 Å². The van der Waals surface area contributed by atoms with Gasteiger partial charge in [-0.25, -0.2) is 0 Å². The first kappa shape index (κ1) is 27.8. The highest BCUT2D eigenvalue weighted by Gasteiger charge is 2.25. The lowest BCUT2D eigenvalue weighted by molar-refractivity contribution is 0.0487. The summed E-state index contributed by atoms with van der Waals surface area (Å²) in [6.45, 7) is 9.47. The highest BCUT2D eigenvalue weighted by molar-refractivity contribution is 6.02. The third-order valence-electron chi connectivity index (χ3n) is 5.32. The summed E-state index contributed by atoms with van der Waals surface area (Å²) in [5, 5.41) is 19.6. The number of rotatable bonds is 14. The minimum atomic E-state index is -1.38. The predicted octanol–water partition coefficient (Wildman–Crippen LogP) is 3.26. The molecule has 2 aromatic carbocycles. The van der Waals surface area contributed by atoms with Crippen LogP contribution in [0.5, 0.6) is 0 Å². The lowest BCUT2D eigenvalue weighted by Gasteiger charge is -2.17. The van der Waals surface area contributed by atoms with Crippen LogP contribution in [0.1, 0.15) is 59.5 Å². The van der Waals surface area contributed by atoms with Gasteiger partial charge in [0.05, 0.1) is 26.4 Å². The number of benzene rings is 2. The largest absolute Gasteiger partial charge is 0.382 e. The van der Waals surface area contributed by atoms with E-state index < -0.39 is 11.2 Å². The van der Waals surface area contributed by atoms with E-state index in [4.69, 9.17) is 9.47 Å². The molecular weight excluding hydrogens is 434 g/mol. The number of hydrogen-bond acceptors (Lipinski definition) is 7. The first-order chi connectivity index (χ1) is 15.9. The van der Waals surface area contributed by atoms with Crippen molar-refractivity contribution in [3.8, 4) is 0 Å². The van der Waals surface area contributed by atoms with Crippen LogP contribution in [0.4, 0.5) is 0 Å². The van der Waals surface area contributed by atoms with E-state index >= 15 is 0 Å². The fourth-order valence-corrected chi connectivity index (χ4v) is 3.14. The van der Waals surface area contributed by atoms with Crippen molar-refractivity contribution >= 4 is 11.6 Å². The SMILES string of the molecule is CN(CCOCc1ccc(C(=O)C(C)(C)O)cc1)CCOCc1ccc(C(=O)C(C)(C)O)cc1. The number of nitrogens with zero attached hydrogens (tertiary/aromatic N) is 1. The van der Waals surface area contributed by atoms with Crippen LogP contribution in [0.25, 0.3) is 0 Å². The van der Waals surface area contributed by atoms with Crippen LogP contribution in [-0.2, 0) is 22.7 Å². The molecule has 2 N–H and O–H groups in total. The normalized spacial score (nSPS) is 12.2. The zero-order valence-electron chi connectivity index (χ0n) is 20.8. The molecule has 0 aliphatic rings. The van der Waals surface area contributed by atoms with Crippen molar-refractivity contribution in [3.63, 3.8) is 0 Å². The molecular formula is C27H37NO6. The maximum absolute atomic E-state index is 12.1. The highest BCUT2D eigenvalue weighted by Crippen LogP contribution is 2.15. The van der Waals surface area contributed by atoms with Gasteiger partial charge in [0.2, 0.25) is 0 Å². The molecule has 0 radical (unpaired) electrons. The van der Waals surface area contributed by atoms with E-state index in [0.717, 1.165) is 24.2 Å². The summed E-state index contributed by atoms with van der Waals surface area (Å²) in [5.74, 6) is -0.608. The fraction of sp³-hybridized carbons (Fsp3) is 0.481. The van der Waals surface area contributed by atoms with Crippen LogP contribution in [-0.4, -0.2) is 71.2 Å². The van der Waals surface area contributed by atoms with Gasteiger partial charge in [-0.2, -0.15) is 0 Å². The van der Waals surface area contributed by atoms with Crippen molar-refractivity contribution < 1.29 is 29.3 Å². The topological polar surface area (TPSA) is 96.3 Å². The average Bonchev–Trinajstić information content (AvgIpc) is 2.78. The van der Waals surface area contributed by atoms with E-state index in [1.807, 2.05) is 31.3 Å². The van der Waals surface area contributed by atoms with E-state index in [1.54, 1.807) is 24.3 Å². The monoisotopic (exact) mass is 471 g/mol. The fourth-order valence-electron chi connectivity index (χ4n) is 3.14. The molecule has 2 rings (SSSR count). The molecule has 0 atom stereocenters. The van der Waals surface area contributed by atoms with E-state index in [1.165, 1.54) is 27.7 Å². The van der Waals surface area contributed by atoms with E-state index in [9.17, 15) is 19.8 Å². The van der Waals surface area contributed by atoms with Gasteiger partial charge >= 0.3 is 0 Å². The van der Waals surface area contributed by atoms with Gasteiger partial charge in [0.1, 0.15) is 11.2 Å². The molecule has 0 aliphatic carbocycles. The Labute approximate surface area is 202 Å². The molecule has 0 saturated heterocycles. The molecule has 186 valence electrons. The van der Waals surface area contributed by atoms with Crippen LogP contribution in [0, 0.1) is 0 Å². The molecule has 0 heterocycles. The standard InChI is InChI=1S/C27H37NO6/c1-26(2,31)24(29)22-10-6-20(7-11-22)18-33-16-14-28(5)15-17-34-19-21-8-12-23(13-9-21)25(30)27(3,4)32/h6-13,31-32H,14-19H2,1-5H3. The van der Waals surface area contributed by atoms with Crippen LogP contribution in [0.2, 0.25) is 0 Å². The summed E-state index contributed by atoms with van der Waals surface area (Å²) >= 11 is 0. The number of carbonyl (C=O) groups is 2. The van der Waals surface area contributed by atoms with Crippen molar-refractivity contribution in [2.24, 2.45) is 0 Å². The quantitative estimate of drug-likeness (QED) is 0.322. The Balaban J connectivity index is 1.61. The highest BCUT2D eigenvalue weighted by atomic mass is 16.5. The molecule has 34 heavy (non-hydrogen) atoms. The molecule has 0 fully saturated rings. The first-order valence-electron chi connectivity index (χ1n) is 11.4. The minimum Gasteiger partial charge on any atom is -0.382 e. The molecule has 0 amide bonds. The third kappa shape index (κ3) is 9.08. The summed E-state index contributed by atoms with van der Waals surface area (Å²) in [5.41, 5.74) is 0.135. The van der Waals surface area contributed by atoms with Gasteiger partial charge < -0.3 is 24.6 Å². The van der Waals surface area contributed by atoms with Crippen molar-refractivity contribution in [2.75, 3.05) is 33.4 Å². The Morgan fingerprint density at radius 3 is 1.32 bits per heavy atom. The van der Waals surface area contributed by atoms with E-state index in [2.05, 4.69) is 4.90 Å². The zero-order chi connectivity index (χ0) is 25.4. The second kappa shape index (κ2) is 12.3. The number of ketones is 2. The van der Waals surface area contributed by atoms with Gasteiger partial charge in [0.15, 0.2) is 11.6 Å². The molecule has 0 aliphatic heterocycles. The van der Waals surface area contributed by atoms with Crippen molar-refractivity contribution in [2.45, 2.75) is 52.1 Å². The van der Waals surface area contributed by atoms with Crippen LogP contribution < -0.4 is 0 Å². The lowest BCUT2D eigenvalue weighted by Crippen LogP contribution is -2.31. The zero-order valence-corrected chi connectivity index (χ0v) is 20.8. The smallest absolute Gasteiger partial charge is 0.193 e. The number of Topliss-reactive ketones (excluding diaryl/α,β-unsaturated/α-hetero) is 2. The number of likely N-dealkylation sites (N-methyl/N-ethyl adjacent to an activating group) is 1. The minimum absolute atomic E-state index is 0.304. The van der Waals surface area contributed by atoms with Gasteiger partial charge in [-0.05, 0) is 45.9 Å². The Bertz CT molecular complexity index is 846. The second-order valence-corrected chi connectivity index (χ2v) is 9.58. The third-order valence-corrected chi connectivity index (χ3v) is 5.32. The van der Waals surface area contributed by atoms with Gasteiger partial charge in [-0.3, -0.25) is 9.59 Å². The molecule has 0 aromatic heterocycles. The Morgan fingerprint density at radius 1 is 0.706 bits per heavy atom. The van der Waals surface area contributed by atoms with E-state index in [-0.39, 0.29) is 11.6 Å². The van der Waals surface area contributed by atoms with Gasteiger partial charge in [-0.15, -0.1) is 0 Å². The predicted molar refractivity (Wildman–Crippen MR) is 131 cm³/mol. The maximum atomic E-state index is 12.1. The first-order valence-corrected chi connectivity index (χ1v) is 11.4. The number of carbonyl (C=O) groups excluding carboxylic acids is 2. The summed E-state index contributed by atoms with van der Waals surface area (Å²) in [4.78, 5) is 26.2. The van der Waals surface area contributed by atoms with Crippen LogP contribution >= 0.6 is 0 Å². The van der Waals surface area contributed by atoms with Crippen LogP contribution in [0.3, 0.4) is 0 Å². The van der Waals surface area contributed by atoms with Crippen molar-refractivity contribution in [3.05, 3.63) is 70.8 Å². The molecule has 7 nitrogen and oxygen atoms in total. The van der Waals surface area contributed by atoms with Gasteiger partial charge in [0, 0.05) is 24.2 Å². The number of hydrogen-bond donors (Lipinski definition) is 2. The summed E-state index contributed by atoms with van der Waals surface area (Å²) in [6, 6.07) is 14.2. The Kier molecular flexibility index (Phi) is 10.1. The maximum Gasteiger partial charge on any atom is 0.193 e. The molecule has 7 heteroatoms. The van der Waals surface area contributed by atoms with Crippen molar-refractivity contribution in [1.82, 2.24) is 4.90 Å². The Morgan fingerprint density at radius 2 is 1.03 bits per heavy atom. The van der Waals surface area contributed by atoms with E-state index in [0.29, 0.717) is 37.6 Å². The summed E-state index contributed by atoms with van der Waals surface area (Å²) in [6.07, 6.45) is 0. The summed E-state index contributed by atoms with van der Waals surface area (Å²) in [7, 11) is 2.00. The van der Waals surface area contributed by atoms with Gasteiger partial charge in [-0.1, -0.05) is 48.5 Å². The number of ether oxygens (including phenoxy) is 2. The summed E-state index contributed by atoms with van der Waals surface area (Å²) < 4.78 is 11.5. The molecule has 0 unspecified atom stereocenters. The Hall–Kier alpha value is -2.42. The lowest BCUT2D eigenvalue weighted by atomic mass is 9.96. The molecule has 0 bridgehead atoms. The molecule has 0 spiro atoms. The molecule has 2 aromatic rings. The van der Waals surface area contributed by atoms with Crippen LogP contribution in [0.15, 0.2) is 48.5 Å². The molecule has 0 saturated carbocycles. The van der Waals surface area contributed by atoms with Gasteiger partial charge in [0.25, 0.3) is 0 Å².